The van der Waals surface area contributed by atoms with Gasteiger partial charge < -0.3 is 0 Å². The second-order valence-corrected chi connectivity index (χ2v) is 6.34. The summed E-state index contributed by atoms with van der Waals surface area (Å²) in [5, 5.41) is 2.65. The van der Waals surface area contributed by atoms with Gasteiger partial charge in [-0.05, 0) is 10.6 Å². The number of hydrogen-bond acceptors (Lipinski definition) is 0. The van der Waals surface area contributed by atoms with Crippen LogP contribution >= 0.6 is 7.92 Å². The van der Waals surface area contributed by atoms with Gasteiger partial charge in [-0.25, -0.2) is 0 Å². The molecule has 2 rings (SSSR count). The van der Waals surface area contributed by atoms with Gasteiger partial charge in [-0.2, -0.15) is 0 Å². The van der Waals surface area contributed by atoms with E-state index in [0.29, 0.717) is 5.92 Å². The molecule has 0 unspecified atom stereocenters. The Morgan fingerprint density at radius 2 is 1.22 bits per heavy atom. The molecule has 0 aliphatic rings. The molecule has 0 atom stereocenters. The van der Waals surface area contributed by atoms with Crippen LogP contribution in [0.1, 0.15) is 13.8 Å². The minimum Gasteiger partial charge on any atom is -0.0952 e. The van der Waals surface area contributed by atoms with E-state index in [4.69, 9.17) is 0 Å². The monoisotopic (exact) mass is 252 g/mol. The molecule has 0 radical (unpaired) electrons. The molecule has 0 amide bonds. The Kier molecular flexibility index (Phi) is 4.57. The van der Waals surface area contributed by atoms with Gasteiger partial charge in [0.25, 0.3) is 0 Å². The van der Waals surface area contributed by atoms with Crippen LogP contribution in [0.4, 0.5) is 0 Å². The molecule has 2 aromatic rings. The molecule has 0 N–H and O–H groups in total. The Bertz CT molecular complexity index is 493. The summed E-state index contributed by atoms with van der Waals surface area (Å²) in [6.45, 7) is 4.27. The number of rotatable bonds is 2. The lowest BCUT2D eigenvalue weighted by atomic mass is 10.2. The minimum absolute atomic E-state index is 0.419. The maximum atomic E-state index is 3.47. The highest BCUT2D eigenvalue weighted by Crippen LogP contribution is 2.31. The van der Waals surface area contributed by atoms with Crippen molar-refractivity contribution in [3.63, 3.8) is 0 Å². The van der Waals surface area contributed by atoms with Gasteiger partial charge in [-0.3, -0.25) is 0 Å². The van der Waals surface area contributed by atoms with Gasteiger partial charge in [0.05, 0.1) is 0 Å². The van der Waals surface area contributed by atoms with E-state index in [0.717, 1.165) is 0 Å². The Labute approximate surface area is 111 Å². The SMILES string of the molecule is CC(C)C#CP(c1ccccc1)c1ccccc1. The quantitative estimate of drug-likeness (QED) is 0.564. The van der Waals surface area contributed by atoms with E-state index in [1.807, 2.05) is 0 Å². The summed E-state index contributed by atoms with van der Waals surface area (Å²) in [7, 11) is -0.544. The minimum atomic E-state index is -0.544. The van der Waals surface area contributed by atoms with Crippen LogP contribution in [0.2, 0.25) is 0 Å². The molecular formula is C17H17P. The van der Waals surface area contributed by atoms with Gasteiger partial charge in [0.1, 0.15) is 0 Å². The zero-order valence-corrected chi connectivity index (χ0v) is 11.7. The molecule has 0 aliphatic carbocycles. The smallest absolute Gasteiger partial charge is 0.0344 e. The largest absolute Gasteiger partial charge is 0.0952 e. The highest BCUT2D eigenvalue weighted by molar-refractivity contribution is 7.77. The zero-order valence-electron chi connectivity index (χ0n) is 10.8. The van der Waals surface area contributed by atoms with Crippen molar-refractivity contribution in [3.8, 4) is 11.6 Å². The average Bonchev–Trinajstić information content (AvgIpc) is 2.41. The highest BCUT2D eigenvalue weighted by atomic mass is 31.1. The van der Waals surface area contributed by atoms with Gasteiger partial charge in [0.15, 0.2) is 0 Å². The zero-order chi connectivity index (χ0) is 12.8. The van der Waals surface area contributed by atoms with Gasteiger partial charge in [-0.1, -0.05) is 86.1 Å². The second-order valence-electron chi connectivity index (χ2n) is 4.42. The average molecular weight is 252 g/mol. The third-order valence-corrected chi connectivity index (χ3v) is 4.48. The number of benzene rings is 2. The van der Waals surface area contributed by atoms with Crippen molar-refractivity contribution in [2.75, 3.05) is 0 Å². The Hall–Kier alpha value is -1.57. The predicted octanol–water partition coefficient (Wildman–Crippen LogP) is 3.74. The third kappa shape index (κ3) is 3.46. The van der Waals surface area contributed by atoms with Gasteiger partial charge >= 0.3 is 0 Å². The van der Waals surface area contributed by atoms with E-state index < -0.39 is 7.92 Å². The molecule has 0 aliphatic heterocycles. The van der Waals surface area contributed by atoms with Crippen LogP contribution in [0.25, 0.3) is 0 Å². The summed E-state index contributed by atoms with van der Waals surface area (Å²) >= 11 is 0. The van der Waals surface area contributed by atoms with Crippen molar-refractivity contribution in [1.29, 1.82) is 0 Å². The molecule has 0 saturated carbocycles. The summed E-state index contributed by atoms with van der Waals surface area (Å²) in [6.07, 6.45) is 0. The summed E-state index contributed by atoms with van der Waals surface area (Å²) < 4.78 is 0. The number of hydrogen-bond donors (Lipinski definition) is 0. The topological polar surface area (TPSA) is 0 Å². The van der Waals surface area contributed by atoms with Crippen LogP contribution in [0, 0.1) is 17.5 Å². The molecule has 0 aromatic heterocycles. The first-order valence-corrected chi connectivity index (χ1v) is 7.53. The van der Waals surface area contributed by atoms with Crippen LogP contribution < -0.4 is 10.6 Å². The van der Waals surface area contributed by atoms with Crippen LogP contribution in [0.5, 0.6) is 0 Å². The maximum Gasteiger partial charge on any atom is 0.0344 e. The standard InChI is InChI=1S/C17H17P/c1-15(2)13-14-18(16-9-5-3-6-10-16)17-11-7-4-8-12-17/h3-12,15H,1-2H3. The first-order valence-electron chi connectivity index (χ1n) is 6.19. The van der Waals surface area contributed by atoms with Crippen molar-refractivity contribution in [2.24, 2.45) is 5.92 Å². The summed E-state index contributed by atoms with van der Waals surface area (Å²) in [5.41, 5.74) is 3.47. The molecule has 90 valence electrons. The van der Waals surface area contributed by atoms with Crippen molar-refractivity contribution in [2.45, 2.75) is 13.8 Å². The van der Waals surface area contributed by atoms with E-state index in [1.54, 1.807) is 0 Å². The fourth-order valence-electron chi connectivity index (χ4n) is 1.63. The third-order valence-electron chi connectivity index (χ3n) is 2.49. The van der Waals surface area contributed by atoms with Crippen molar-refractivity contribution in [1.82, 2.24) is 0 Å². The van der Waals surface area contributed by atoms with Crippen molar-refractivity contribution in [3.05, 3.63) is 60.7 Å². The lowest BCUT2D eigenvalue weighted by molar-refractivity contribution is 0.867. The summed E-state index contributed by atoms with van der Waals surface area (Å²) in [5.74, 6) is 3.74. The Morgan fingerprint density at radius 3 is 1.61 bits per heavy atom. The lowest BCUT2D eigenvalue weighted by Crippen LogP contribution is -2.09. The van der Waals surface area contributed by atoms with Crippen molar-refractivity contribution >= 4 is 18.5 Å². The molecular weight excluding hydrogens is 235 g/mol. The fourth-order valence-corrected chi connectivity index (χ4v) is 3.51. The van der Waals surface area contributed by atoms with E-state index in [9.17, 15) is 0 Å². The first-order chi connectivity index (χ1) is 8.77. The molecule has 2 aromatic carbocycles. The highest BCUT2D eigenvalue weighted by Gasteiger charge is 2.10. The Morgan fingerprint density at radius 1 is 0.778 bits per heavy atom. The molecule has 0 fully saturated rings. The normalized spacial score (nSPS) is 10.2. The molecule has 0 nitrogen and oxygen atoms in total. The summed E-state index contributed by atoms with van der Waals surface area (Å²) in [6, 6.07) is 21.2. The second kappa shape index (κ2) is 6.39. The molecule has 0 saturated heterocycles. The van der Waals surface area contributed by atoms with Gasteiger partial charge in [0.2, 0.25) is 0 Å². The fraction of sp³-hybridized carbons (Fsp3) is 0.176. The first kappa shape index (κ1) is 12.9. The molecule has 0 heterocycles. The van der Waals surface area contributed by atoms with E-state index >= 15 is 0 Å². The Balaban J connectivity index is 2.40. The molecule has 0 bridgehead atoms. The van der Waals surface area contributed by atoms with Crippen LogP contribution in [0.15, 0.2) is 60.7 Å². The van der Waals surface area contributed by atoms with Crippen LogP contribution in [0.3, 0.4) is 0 Å². The maximum absolute atomic E-state index is 3.47. The molecule has 18 heavy (non-hydrogen) atoms. The van der Waals surface area contributed by atoms with Crippen LogP contribution in [-0.4, -0.2) is 0 Å². The van der Waals surface area contributed by atoms with Crippen LogP contribution in [-0.2, 0) is 0 Å². The predicted molar refractivity (Wildman–Crippen MR) is 81.7 cm³/mol. The van der Waals surface area contributed by atoms with Gasteiger partial charge in [0, 0.05) is 13.8 Å². The van der Waals surface area contributed by atoms with Crippen molar-refractivity contribution < 1.29 is 0 Å². The van der Waals surface area contributed by atoms with E-state index in [2.05, 4.69) is 86.1 Å². The summed E-state index contributed by atoms with van der Waals surface area (Å²) in [4.78, 5) is 0. The van der Waals surface area contributed by atoms with E-state index in [1.165, 1.54) is 10.6 Å². The molecule has 1 heteroatoms. The van der Waals surface area contributed by atoms with E-state index in [-0.39, 0.29) is 0 Å². The lowest BCUT2D eigenvalue weighted by Gasteiger charge is -2.11. The molecule has 0 spiro atoms. The van der Waals surface area contributed by atoms with Gasteiger partial charge in [-0.15, -0.1) is 0 Å².